The van der Waals surface area contributed by atoms with Crippen molar-refractivity contribution in [3.05, 3.63) is 60.2 Å². The molecule has 1 saturated heterocycles. The number of anilines is 3. The summed E-state index contributed by atoms with van der Waals surface area (Å²) in [5.74, 6) is 0.0959. The summed E-state index contributed by atoms with van der Waals surface area (Å²) in [4.78, 5) is 23.0. The van der Waals surface area contributed by atoms with E-state index in [-0.39, 0.29) is 35.7 Å². The van der Waals surface area contributed by atoms with E-state index < -0.39 is 5.82 Å². The average molecular weight is 559 g/mol. The zero-order valence-corrected chi connectivity index (χ0v) is 21.7. The molecular weight excluding hydrogens is 532 g/mol. The smallest absolute Gasteiger partial charge is 0.247 e. The van der Waals surface area contributed by atoms with Gasteiger partial charge in [-0.2, -0.15) is 0 Å². The molecule has 0 bridgehead atoms. The minimum atomic E-state index is -0.510. The third-order valence-electron chi connectivity index (χ3n) is 5.34. The van der Waals surface area contributed by atoms with Crippen LogP contribution in [0.2, 0.25) is 5.02 Å². The summed E-state index contributed by atoms with van der Waals surface area (Å²) in [5, 5.41) is 6.55. The van der Waals surface area contributed by atoms with E-state index in [0.717, 1.165) is 39.3 Å². The molecule has 1 aliphatic heterocycles. The molecule has 1 amide bonds. The van der Waals surface area contributed by atoms with Gasteiger partial charge in [0.25, 0.3) is 0 Å². The van der Waals surface area contributed by atoms with Crippen LogP contribution in [-0.4, -0.2) is 60.2 Å². The number of rotatable bonds is 9. The minimum absolute atomic E-state index is 0. The Morgan fingerprint density at radius 1 is 1.22 bits per heavy atom. The Bertz CT molecular complexity index is 1200. The number of carbonyl (C=O) groups is 1. The first kappa shape index (κ1) is 29.5. The van der Waals surface area contributed by atoms with Crippen LogP contribution in [0.4, 0.5) is 21.6 Å². The lowest BCUT2D eigenvalue weighted by Crippen LogP contribution is -2.37. The van der Waals surface area contributed by atoms with Crippen LogP contribution in [0.15, 0.2) is 49.3 Å². The molecule has 2 N–H and O–H groups in total. The van der Waals surface area contributed by atoms with Gasteiger partial charge in [0.1, 0.15) is 23.7 Å². The van der Waals surface area contributed by atoms with Gasteiger partial charge in [-0.05, 0) is 36.8 Å². The molecule has 1 aliphatic rings. The first-order valence-electron chi connectivity index (χ1n) is 10.9. The van der Waals surface area contributed by atoms with Gasteiger partial charge in [-0.25, -0.2) is 14.4 Å². The number of aromatic nitrogens is 2. The standard InChI is InChI=1S/C24H25ClFN5O3.2ClH/c1-2-23(32)30-21-13-17-20(14-22(21)34-9-3-6-31-7-10-33-11-8-31)27-15-28-24(17)29-16-4-5-19(26)18(25)12-16;;/h2,4-5,12-15H,1,3,6-11H2,(H,30,32)(H,27,28,29);2*1H. The molecule has 12 heteroatoms. The van der Waals surface area contributed by atoms with Crippen LogP contribution < -0.4 is 15.4 Å². The van der Waals surface area contributed by atoms with Gasteiger partial charge < -0.3 is 20.1 Å². The van der Waals surface area contributed by atoms with Gasteiger partial charge in [-0.15, -0.1) is 24.8 Å². The largest absolute Gasteiger partial charge is 0.491 e. The highest BCUT2D eigenvalue weighted by molar-refractivity contribution is 6.31. The highest BCUT2D eigenvalue weighted by Crippen LogP contribution is 2.34. The summed E-state index contributed by atoms with van der Waals surface area (Å²) in [6.45, 7) is 8.24. The van der Waals surface area contributed by atoms with E-state index in [0.29, 0.717) is 40.5 Å². The van der Waals surface area contributed by atoms with E-state index in [9.17, 15) is 9.18 Å². The second kappa shape index (κ2) is 14.2. The first-order chi connectivity index (χ1) is 16.5. The second-order valence-corrected chi connectivity index (χ2v) is 8.10. The normalized spacial score (nSPS) is 13.3. The zero-order valence-electron chi connectivity index (χ0n) is 19.3. The summed E-state index contributed by atoms with van der Waals surface area (Å²) in [6.07, 6.45) is 3.43. The Labute approximate surface area is 226 Å². The fraction of sp³-hybridized carbons (Fsp3) is 0.292. The number of amides is 1. The lowest BCUT2D eigenvalue weighted by atomic mass is 10.1. The molecule has 0 unspecified atom stereocenters. The molecule has 2 heterocycles. The van der Waals surface area contributed by atoms with Gasteiger partial charge in [0.2, 0.25) is 5.91 Å². The minimum Gasteiger partial charge on any atom is -0.491 e. The van der Waals surface area contributed by atoms with E-state index in [4.69, 9.17) is 21.1 Å². The topological polar surface area (TPSA) is 88.6 Å². The average Bonchev–Trinajstić information content (AvgIpc) is 2.85. The van der Waals surface area contributed by atoms with E-state index in [1.165, 1.54) is 24.5 Å². The van der Waals surface area contributed by atoms with Crippen molar-refractivity contribution >= 4 is 70.4 Å². The Balaban J connectivity index is 0.00000228. The number of morpholine rings is 1. The predicted octanol–water partition coefficient (Wildman–Crippen LogP) is 5.24. The van der Waals surface area contributed by atoms with Crippen LogP contribution in [0.5, 0.6) is 5.75 Å². The molecule has 0 aliphatic carbocycles. The Kier molecular flexibility index (Phi) is 11.6. The third-order valence-corrected chi connectivity index (χ3v) is 5.63. The summed E-state index contributed by atoms with van der Waals surface area (Å²) in [6, 6.07) is 7.79. The molecule has 4 rings (SSSR count). The summed E-state index contributed by atoms with van der Waals surface area (Å²) < 4.78 is 24.9. The predicted molar refractivity (Wildman–Crippen MR) is 145 cm³/mol. The monoisotopic (exact) mass is 557 g/mol. The van der Waals surface area contributed by atoms with Gasteiger partial charge in [0, 0.05) is 36.8 Å². The number of carbonyl (C=O) groups excluding carboxylic acids is 1. The maximum absolute atomic E-state index is 13.5. The molecule has 194 valence electrons. The molecule has 36 heavy (non-hydrogen) atoms. The summed E-state index contributed by atoms with van der Waals surface area (Å²) in [5.41, 5.74) is 1.65. The SMILES string of the molecule is C=CC(=O)Nc1cc2c(Nc3ccc(F)c(Cl)c3)ncnc2cc1OCCCN1CCOCC1.Cl.Cl. The van der Waals surface area contributed by atoms with Crippen molar-refractivity contribution in [2.45, 2.75) is 6.42 Å². The molecular formula is C24H27Cl3FN5O3. The van der Waals surface area contributed by atoms with Crippen LogP contribution in [0.25, 0.3) is 10.9 Å². The zero-order chi connectivity index (χ0) is 23.9. The molecule has 8 nitrogen and oxygen atoms in total. The molecule has 1 fully saturated rings. The number of benzene rings is 2. The van der Waals surface area contributed by atoms with Crippen molar-refractivity contribution in [3.8, 4) is 5.75 Å². The number of ether oxygens (including phenoxy) is 2. The first-order valence-corrected chi connectivity index (χ1v) is 11.3. The van der Waals surface area contributed by atoms with Crippen LogP contribution in [0, 0.1) is 5.82 Å². The third kappa shape index (κ3) is 7.65. The van der Waals surface area contributed by atoms with Gasteiger partial charge in [-0.3, -0.25) is 9.69 Å². The van der Waals surface area contributed by atoms with Crippen LogP contribution >= 0.6 is 36.4 Å². The van der Waals surface area contributed by atoms with Gasteiger partial charge in [0.15, 0.2) is 0 Å². The molecule has 3 aromatic rings. The van der Waals surface area contributed by atoms with Crippen molar-refractivity contribution in [3.63, 3.8) is 0 Å². The molecule has 0 atom stereocenters. The van der Waals surface area contributed by atoms with Crippen molar-refractivity contribution in [2.24, 2.45) is 0 Å². The van der Waals surface area contributed by atoms with Crippen molar-refractivity contribution in [2.75, 3.05) is 50.1 Å². The van der Waals surface area contributed by atoms with Crippen molar-refractivity contribution in [1.29, 1.82) is 0 Å². The van der Waals surface area contributed by atoms with Crippen LogP contribution in [0.3, 0.4) is 0 Å². The van der Waals surface area contributed by atoms with Gasteiger partial charge >= 0.3 is 0 Å². The maximum atomic E-state index is 13.5. The number of halogens is 4. The second-order valence-electron chi connectivity index (χ2n) is 7.69. The van der Waals surface area contributed by atoms with E-state index in [1.54, 1.807) is 18.2 Å². The van der Waals surface area contributed by atoms with Crippen LogP contribution in [-0.2, 0) is 9.53 Å². The number of fused-ring (bicyclic) bond motifs is 1. The number of nitrogens with zero attached hydrogens (tertiary/aromatic N) is 3. The molecule has 0 spiro atoms. The Morgan fingerprint density at radius 3 is 2.72 bits per heavy atom. The fourth-order valence-electron chi connectivity index (χ4n) is 3.59. The number of hydrogen-bond donors (Lipinski definition) is 2. The van der Waals surface area contributed by atoms with E-state index >= 15 is 0 Å². The number of hydrogen-bond acceptors (Lipinski definition) is 7. The fourth-order valence-corrected chi connectivity index (χ4v) is 3.77. The van der Waals surface area contributed by atoms with Crippen LogP contribution in [0.1, 0.15) is 6.42 Å². The van der Waals surface area contributed by atoms with Gasteiger partial charge in [-0.1, -0.05) is 18.2 Å². The van der Waals surface area contributed by atoms with Crippen molar-refractivity contribution < 1.29 is 18.7 Å². The molecule has 0 radical (unpaired) electrons. The van der Waals surface area contributed by atoms with E-state index in [2.05, 4.69) is 32.1 Å². The van der Waals surface area contributed by atoms with Crippen molar-refractivity contribution in [1.82, 2.24) is 14.9 Å². The summed E-state index contributed by atoms with van der Waals surface area (Å²) >= 11 is 5.90. The Morgan fingerprint density at radius 2 is 2.00 bits per heavy atom. The molecule has 2 aromatic carbocycles. The maximum Gasteiger partial charge on any atom is 0.247 e. The summed E-state index contributed by atoms with van der Waals surface area (Å²) in [7, 11) is 0. The number of nitrogens with one attached hydrogen (secondary N) is 2. The lowest BCUT2D eigenvalue weighted by molar-refractivity contribution is -0.111. The molecule has 1 aromatic heterocycles. The Hall–Kier alpha value is -2.69. The lowest BCUT2D eigenvalue weighted by Gasteiger charge is -2.26. The van der Waals surface area contributed by atoms with Gasteiger partial charge in [0.05, 0.1) is 36.0 Å². The quantitative estimate of drug-likeness (QED) is 0.274. The molecule has 0 saturated carbocycles. The highest BCUT2D eigenvalue weighted by Gasteiger charge is 2.14. The highest BCUT2D eigenvalue weighted by atomic mass is 35.5. The van der Waals surface area contributed by atoms with E-state index in [1.807, 2.05) is 0 Å².